The van der Waals surface area contributed by atoms with Gasteiger partial charge < -0.3 is 4.74 Å². The van der Waals surface area contributed by atoms with Crippen molar-refractivity contribution in [3.05, 3.63) is 59.4 Å². The molecule has 0 fully saturated rings. The van der Waals surface area contributed by atoms with Crippen LogP contribution in [0.4, 0.5) is 4.39 Å². The van der Waals surface area contributed by atoms with Gasteiger partial charge in [0.25, 0.3) is 0 Å². The van der Waals surface area contributed by atoms with Crippen molar-refractivity contribution in [3.8, 4) is 11.1 Å². The summed E-state index contributed by atoms with van der Waals surface area (Å²) in [6.07, 6.45) is 0. The summed E-state index contributed by atoms with van der Waals surface area (Å²) in [5, 5.41) is 0. The molecule has 2 aromatic rings. The van der Waals surface area contributed by atoms with Gasteiger partial charge in [-0.1, -0.05) is 30.3 Å². The smallest absolute Gasteiger partial charge is 0.302 e. The Kier molecular flexibility index (Phi) is 2.82. The highest BCUT2D eigenvalue weighted by Gasteiger charge is 2.29. The van der Waals surface area contributed by atoms with E-state index in [0.717, 1.165) is 22.3 Å². The third kappa shape index (κ3) is 2.01. The lowest BCUT2D eigenvalue weighted by Crippen LogP contribution is -2.10. The van der Waals surface area contributed by atoms with E-state index in [4.69, 9.17) is 4.74 Å². The van der Waals surface area contributed by atoms with Crippen molar-refractivity contribution in [3.63, 3.8) is 0 Å². The normalized spacial score (nSPS) is 15.8. The maximum absolute atomic E-state index is 13.4. The molecule has 1 atom stereocenters. The minimum atomic E-state index is -0.317. The number of rotatable bonds is 2. The number of esters is 1. The molecule has 0 heterocycles. The van der Waals surface area contributed by atoms with E-state index in [1.807, 2.05) is 24.3 Å². The fourth-order valence-electron chi connectivity index (χ4n) is 2.66. The lowest BCUT2D eigenvalue weighted by molar-refractivity contribution is -0.141. The number of hydrogen-bond acceptors (Lipinski definition) is 2. The van der Waals surface area contributed by atoms with Crippen molar-refractivity contribution in [1.82, 2.24) is 0 Å². The molecule has 3 rings (SSSR count). The molecule has 1 aliphatic carbocycles. The van der Waals surface area contributed by atoms with Gasteiger partial charge in [0.15, 0.2) is 0 Å². The van der Waals surface area contributed by atoms with E-state index >= 15 is 0 Å². The molecular weight excluding hydrogens is 243 g/mol. The van der Waals surface area contributed by atoms with Crippen LogP contribution in [-0.2, 0) is 9.53 Å². The second-order valence-electron chi connectivity index (χ2n) is 4.67. The van der Waals surface area contributed by atoms with Crippen LogP contribution in [-0.4, -0.2) is 12.6 Å². The van der Waals surface area contributed by atoms with Crippen LogP contribution in [0.3, 0.4) is 0 Å². The molecule has 0 bridgehead atoms. The molecule has 0 amide bonds. The molecule has 96 valence electrons. The van der Waals surface area contributed by atoms with Crippen LogP contribution in [0.1, 0.15) is 24.0 Å². The fraction of sp³-hybridized carbons (Fsp3) is 0.188. The van der Waals surface area contributed by atoms with Crippen molar-refractivity contribution in [2.45, 2.75) is 12.8 Å². The van der Waals surface area contributed by atoms with E-state index in [1.165, 1.54) is 19.1 Å². The van der Waals surface area contributed by atoms with Crippen LogP contribution in [0.15, 0.2) is 42.5 Å². The number of fused-ring (bicyclic) bond motifs is 3. The first kappa shape index (κ1) is 11.9. The molecular formula is C16H13FO2. The first-order valence-electron chi connectivity index (χ1n) is 6.19. The summed E-state index contributed by atoms with van der Waals surface area (Å²) in [7, 11) is 0. The molecule has 2 aromatic carbocycles. The van der Waals surface area contributed by atoms with Gasteiger partial charge >= 0.3 is 5.97 Å². The summed E-state index contributed by atoms with van der Waals surface area (Å²) >= 11 is 0. The van der Waals surface area contributed by atoms with Crippen molar-refractivity contribution in [2.24, 2.45) is 0 Å². The van der Waals surface area contributed by atoms with Crippen molar-refractivity contribution >= 4 is 5.97 Å². The third-order valence-corrected chi connectivity index (χ3v) is 3.47. The molecule has 0 N–H and O–H groups in total. The number of hydrogen-bond donors (Lipinski definition) is 0. The van der Waals surface area contributed by atoms with E-state index in [0.29, 0.717) is 0 Å². The highest BCUT2D eigenvalue weighted by atomic mass is 19.1. The molecule has 1 aliphatic rings. The molecule has 19 heavy (non-hydrogen) atoms. The maximum Gasteiger partial charge on any atom is 0.302 e. The molecule has 3 heteroatoms. The summed E-state index contributed by atoms with van der Waals surface area (Å²) in [5.74, 6) is -0.660. The summed E-state index contributed by atoms with van der Waals surface area (Å²) in [5.41, 5.74) is 4.09. The molecule has 0 aromatic heterocycles. The topological polar surface area (TPSA) is 26.3 Å². The quantitative estimate of drug-likeness (QED) is 0.769. The van der Waals surface area contributed by atoms with Crippen LogP contribution in [0.25, 0.3) is 11.1 Å². The van der Waals surface area contributed by atoms with Gasteiger partial charge in [0.1, 0.15) is 12.4 Å². The molecule has 1 unspecified atom stereocenters. The second-order valence-corrected chi connectivity index (χ2v) is 4.67. The summed E-state index contributed by atoms with van der Waals surface area (Å²) in [4.78, 5) is 11.0. The van der Waals surface area contributed by atoms with Crippen LogP contribution < -0.4 is 0 Å². The van der Waals surface area contributed by atoms with E-state index < -0.39 is 0 Å². The van der Waals surface area contributed by atoms with Crippen LogP contribution in [0.2, 0.25) is 0 Å². The van der Waals surface area contributed by atoms with Gasteiger partial charge in [-0.25, -0.2) is 4.39 Å². The lowest BCUT2D eigenvalue weighted by Gasteiger charge is -2.13. The Hall–Kier alpha value is -2.16. The Bertz CT molecular complexity index is 649. The van der Waals surface area contributed by atoms with Crippen LogP contribution in [0, 0.1) is 5.82 Å². The average molecular weight is 256 g/mol. The molecule has 0 spiro atoms. The molecule has 2 nitrogen and oxygen atoms in total. The Morgan fingerprint density at radius 3 is 2.68 bits per heavy atom. The van der Waals surface area contributed by atoms with Crippen LogP contribution >= 0.6 is 0 Å². The Morgan fingerprint density at radius 1 is 1.16 bits per heavy atom. The minimum Gasteiger partial charge on any atom is -0.465 e. The zero-order chi connectivity index (χ0) is 13.4. The Labute approximate surface area is 110 Å². The minimum absolute atomic E-state index is 0.0780. The monoisotopic (exact) mass is 256 g/mol. The van der Waals surface area contributed by atoms with E-state index in [-0.39, 0.29) is 24.3 Å². The SMILES string of the molecule is CC(=O)OCC1c2ccccc2-c2ccc(F)cc21. The zero-order valence-corrected chi connectivity index (χ0v) is 10.5. The van der Waals surface area contributed by atoms with Crippen molar-refractivity contribution < 1.29 is 13.9 Å². The fourth-order valence-corrected chi connectivity index (χ4v) is 2.66. The lowest BCUT2D eigenvalue weighted by atomic mass is 9.98. The van der Waals surface area contributed by atoms with Gasteiger partial charge in [-0.3, -0.25) is 4.79 Å². The van der Waals surface area contributed by atoms with E-state index in [2.05, 4.69) is 0 Å². The third-order valence-electron chi connectivity index (χ3n) is 3.47. The number of carbonyl (C=O) groups is 1. The average Bonchev–Trinajstić information content (AvgIpc) is 2.69. The van der Waals surface area contributed by atoms with Gasteiger partial charge in [-0.15, -0.1) is 0 Å². The van der Waals surface area contributed by atoms with Gasteiger partial charge in [0.05, 0.1) is 0 Å². The van der Waals surface area contributed by atoms with Gasteiger partial charge in [-0.2, -0.15) is 0 Å². The van der Waals surface area contributed by atoms with Crippen LogP contribution in [0.5, 0.6) is 0 Å². The summed E-state index contributed by atoms with van der Waals surface area (Å²) in [6, 6.07) is 12.7. The van der Waals surface area contributed by atoms with E-state index in [1.54, 1.807) is 6.07 Å². The van der Waals surface area contributed by atoms with Gasteiger partial charge in [-0.05, 0) is 34.4 Å². The highest BCUT2D eigenvalue weighted by Crippen LogP contribution is 2.44. The Morgan fingerprint density at radius 2 is 1.89 bits per heavy atom. The standard InChI is InChI=1S/C16H13FO2/c1-10(18)19-9-16-13-5-3-2-4-12(13)14-7-6-11(17)8-15(14)16/h2-8,16H,9H2,1H3. The predicted molar refractivity (Wildman–Crippen MR) is 70.3 cm³/mol. The highest BCUT2D eigenvalue weighted by molar-refractivity contribution is 5.79. The van der Waals surface area contributed by atoms with E-state index in [9.17, 15) is 9.18 Å². The molecule has 0 aliphatic heterocycles. The van der Waals surface area contributed by atoms with Gasteiger partial charge in [0.2, 0.25) is 0 Å². The molecule has 0 saturated carbocycles. The number of ether oxygens (including phenoxy) is 1. The second kappa shape index (κ2) is 4.50. The molecule has 0 saturated heterocycles. The first-order valence-corrected chi connectivity index (χ1v) is 6.19. The van der Waals surface area contributed by atoms with Gasteiger partial charge in [0, 0.05) is 12.8 Å². The largest absolute Gasteiger partial charge is 0.465 e. The number of halogens is 1. The zero-order valence-electron chi connectivity index (χ0n) is 10.5. The number of carbonyl (C=O) groups excluding carboxylic acids is 1. The van der Waals surface area contributed by atoms with Crippen molar-refractivity contribution in [1.29, 1.82) is 0 Å². The summed E-state index contributed by atoms with van der Waals surface area (Å²) < 4.78 is 18.6. The van der Waals surface area contributed by atoms with Crippen molar-refractivity contribution in [2.75, 3.05) is 6.61 Å². The maximum atomic E-state index is 13.4. The first-order chi connectivity index (χ1) is 9.16. The summed E-state index contributed by atoms with van der Waals surface area (Å²) in [6.45, 7) is 1.64. The Balaban J connectivity index is 2.09. The number of benzene rings is 2. The predicted octanol–water partition coefficient (Wildman–Crippen LogP) is 3.50. The molecule has 0 radical (unpaired) electrons.